The van der Waals surface area contributed by atoms with Crippen LogP contribution in [0.15, 0.2) is 30.5 Å². The fourth-order valence-corrected chi connectivity index (χ4v) is 2.37. The Kier molecular flexibility index (Phi) is 2.93. The van der Waals surface area contributed by atoms with Crippen LogP contribution in [0.1, 0.15) is 17.1 Å². The SMILES string of the molecule is Cc1nc(C)c(C)c(-c2cc(F)cc3cccnc23)n1. The second kappa shape index (κ2) is 4.63. The van der Waals surface area contributed by atoms with E-state index in [-0.39, 0.29) is 5.82 Å². The molecule has 0 bridgehead atoms. The Hall–Kier alpha value is -2.36. The van der Waals surface area contributed by atoms with Crippen molar-refractivity contribution in [3.05, 3.63) is 53.4 Å². The molecule has 0 amide bonds. The molecule has 2 heterocycles. The highest BCUT2D eigenvalue weighted by molar-refractivity contribution is 5.93. The summed E-state index contributed by atoms with van der Waals surface area (Å²) in [5.41, 5.74) is 4.08. The van der Waals surface area contributed by atoms with E-state index in [0.717, 1.165) is 27.9 Å². The van der Waals surface area contributed by atoms with E-state index in [2.05, 4.69) is 15.0 Å². The molecule has 3 rings (SSSR count). The van der Waals surface area contributed by atoms with Gasteiger partial charge in [0.05, 0.1) is 11.2 Å². The average molecular weight is 267 g/mol. The molecule has 100 valence electrons. The number of nitrogens with zero attached hydrogens (tertiary/aromatic N) is 3. The van der Waals surface area contributed by atoms with E-state index < -0.39 is 0 Å². The van der Waals surface area contributed by atoms with E-state index in [1.807, 2.05) is 26.8 Å². The van der Waals surface area contributed by atoms with Crippen LogP contribution in [-0.2, 0) is 0 Å². The number of benzene rings is 1. The molecule has 0 radical (unpaired) electrons. The van der Waals surface area contributed by atoms with Crippen molar-refractivity contribution in [3.63, 3.8) is 0 Å². The van der Waals surface area contributed by atoms with Gasteiger partial charge in [0.25, 0.3) is 0 Å². The molecule has 0 spiro atoms. The minimum atomic E-state index is -0.284. The van der Waals surface area contributed by atoms with Gasteiger partial charge in [-0.15, -0.1) is 0 Å². The Bertz CT molecular complexity index is 812. The first kappa shape index (κ1) is 12.7. The standard InChI is InChI=1S/C16H14FN3/c1-9-10(2)19-11(3)20-15(9)14-8-13(17)7-12-5-4-6-18-16(12)14/h4-8H,1-3H3. The fraction of sp³-hybridized carbons (Fsp3) is 0.188. The van der Waals surface area contributed by atoms with Gasteiger partial charge in [0, 0.05) is 22.8 Å². The zero-order valence-electron chi connectivity index (χ0n) is 11.6. The summed E-state index contributed by atoms with van der Waals surface area (Å²) in [7, 11) is 0. The predicted molar refractivity (Wildman–Crippen MR) is 76.9 cm³/mol. The Morgan fingerprint density at radius 2 is 1.85 bits per heavy atom. The summed E-state index contributed by atoms with van der Waals surface area (Å²) in [5.74, 6) is 0.394. The number of aryl methyl sites for hydroxylation is 2. The van der Waals surface area contributed by atoms with Crippen LogP contribution in [0, 0.1) is 26.6 Å². The maximum absolute atomic E-state index is 13.8. The maximum Gasteiger partial charge on any atom is 0.126 e. The lowest BCUT2D eigenvalue weighted by molar-refractivity contribution is 0.630. The molecule has 20 heavy (non-hydrogen) atoms. The second-order valence-corrected chi connectivity index (χ2v) is 4.86. The Morgan fingerprint density at radius 1 is 1.05 bits per heavy atom. The number of aromatic nitrogens is 3. The van der Waals surface area contributed by atoms with Gasteiger partial charge in [-0.3, -0.25) is 4.98 Å². The van der Waals surface area contributed by atoms with E-state index >= 15 is 0 Å². The quantitative estimate of drug-likeness (QED) is 0.674. The van der Waals surface area contributed by atoms with Crippen molar-refractivity contribution in [2.24, 2.45) is 0 Å². The van der Waals surface area contributed by atoms with Crippen molar-refractivity contribution in [3.8, 4) is 11.3 Å². The molecule has 3 nitrogen and oxygen atoms in total. The molecule has 3 aromatic rings. The van der Waals surface area contributed by atoms with Crippen molar-refractivity contribution < 1.29 is 4.39 Å². The van der Waals surface area contributed by atoms with E-state index in [0.29, 0.717) is 11.4 Å². The zero-order valence-corrected chi connectivity index (χ0v) is 11.6. The first-order chi connectivity index (χ1) is 9.56. The average Bonchev–Trinajstić information content (AvgIpc) is 2.42. The summed E-state index contributed by atoms with van der Waals surface area (Å²) in [6.07, 6.45) is 1.71. The van der Waals surface area contributed by atoms with Crippen LogP contribution < -0.4 is 0 Å². The molecule has 0 N–H and O–H groups in total. The Morgan fingerprint density at radius 3 is 2.65 bits per heavy atom. The number of hydrogen-bond acceptors (Lipinski definition) is 3. The van der Waals surface area contributed by atoms with Gasteiger partial charge in [0.15, 0.2) is 0 Å². The largest absolute Gasteiger partial charge is 0.256 e. The van der Waals surface area contributed by atoms with Crippen LogP contribution in [0.3, 0.4) is 0 Å². The molecular formula is C16H14FN3. The minimum absolute atomic E-state index is 0.284. The highest BCUT2D eigenvalue weighted by Gasteiger charge is 2.13. The second-order valence-electron chi connectivity index (χ2n) is 4.86. The van der Waals surface area contributed by atoms with Gasteiger partial charge >= 0.3 is 0 Å². The van der Waals surface area contributed by atoms with Crippen LogP contribution in [0.5, 0.6) is 0 Å². The minimum Gasteiger partial charge on any atom is -0.256 e. The maximum atomic E-state index is 13.8. The van der Waals surface area contributed by atoms with E-state index in [4.69, 9.17) is 0 Å². The normalized spacial score (nSPS) is 11.0. The van der Waals surface area contributed by atoms with Gasteiger partial charge in [-0.1, -0.05) is 6.07 Å². The van der Waals surface area contributed by atoms with Crippen LogP contribution in [-0.4, -0.2) is 15.0 Å². The lowest BCUT2D eigenvalue weighted by Crippen LogP contribution is -2.00. The van der Waals surface area contributed by atoms with Gasteiger partial charge in [-0.25, -0.2) is 14.4 Å². The molecule has 0 aliphatic carbocycles. The highest BCUT2D eigenvalue weighted by Crippen LogP contribution is 2.30. The number of hydrogen-bond donors (Lipinski definition) is 0. The summed E-state index contributed by atoms with van der Waals surface area (Å²) in [4.78, 5) is 13.2. The molecule has 1 aromatic carbocycles. The Labute approximate surface area is 116 Å². The van der Waals surface area contributed by atoms with E-state index in [1.165, 1.54) is 12.1 Å². The monoisotopic (exact) mass is 267 g/mol. The summed E-state index contributed by atoms with van der Waals surface area (Å²) >= 11 is 0. The molecule has 0 fully saturated rings. The van der Waals surface area contributed by atoms with Crippen molar-refractivity contribution in [2.75, 3.05) is 0 Å². The molecule has 4 heteroatoms. The van der Waals surface area contributed by atoms with E-state index in [9.17, 15) is 4.39 Å². The summed E-state index contributed by atoms with van der Waals surface area (Å²) in [6, 6.07) is 6.63. The molecule has 0 aliphatic heterocycles. The third-order valence-electron chi connectivity index (χ3n) is 3.43. The van der Waals surface area contributed by atoms with Crippen molar-refractivity contribution in [1.82, 2.24) is 15.0 Å². The van der Waals surface area contributed by atoms with Gasteiger partial charge in [-0.05, 0) is 44.5 Å². The van der Waals surface area contributed by atoms with Crippen LogP contribution in [0.2, 0.25) is 0 Å². The lowest BCUT2D eigenvalue weighted by Gasteiger charge is -2.11. The van der Waals surface area contributed by atoms with Gasteiger partial charge in [-0.2, -0.15) is 0 Å². The molecule has 0 unspecified atom stereocenters. The summed E-state index contributed by atoms with van der Waals surface area (Å²) in [5, 5.41) is 0.774. The fourth-order valence-electron chi connectivity index (χ4n) is 2.37. The topological polar surface area (TPSA) is 38.7 Å². The number of fused-ring (bicyclic) bond motifs is 1. The van der Waals surface area contributed by atoms with E-state index in [1.54, 1.807) is 12.3 Å². The molecule has 0 atom stereocenters. The third kappa shape index (κ3) is 2.03. The lowest BCUT2D eigenvalue weighted by atomic mass is 10.0. The summed E-state index contributed by atoms with van der Waals surface area (Å²) < 4.78 is 13.8. The molecule has 2 aromatic heterocycles. The molecule has 0 aliphatic rings. The number of rotatable bonds is 1. The third-order valence-corrected chi connectivity index (χ3v) is 3.43. The number of halogens is 1. The van der Waals surface area contributed by atoms with Gasteiger partial charge in [0.2, 0.25) is 0 Å². The highest BCUT2D eigenvalue weighted by atomic mass is 19.1. The van der Waals surface area contributed by atoms with Gasteiger partial charge in [0.1, 0.15) is 11.6 Å². The predicted octanol–water partition coefficient (Wildman–Crippen LogP) is 3.76. The first-order valence-corrected chi connectivity index (χ1v) is 6.43. The number of pyridine rings is 1. The zero-order chi connectivity index (χ0) is 14.3. The van der Waals surface area contributed by atoms with Crippen molar-refractivity contribution in [1.29, 1.82) is 0 Å². The molecule has 0 saturated heterocycles. The first-order valence-electron chi connectivity index (χ1n) is 6.43. The van der Waals surface area contributed by atoms with Crippen molar-refractivity contribution in [2.45, 2.75) is 20.8 Å². The van der Waals surface area contributed by atoms with Gasteiger partial charge < -0.3 is 0 Å². The van der Waals surface area contributed by atoms with Crippen LogP contribution >= 0.6 is 0 Å². The van der Waals surface area contributed by atoms with Crippen LogP contribution in [0.4, 0.5) is 4.39 Å². The summed E-state index contributed by atoms with van der Waals surface area (Å²) in [6.45, 7) is 5.72. The van der Waals surface area contributed by atoms with Crippen LogP contribution in [0.25, 0.3) is 22.2 Å². The molecular weight excluding hydrogens is 253 g/mol. The Balaban J connectivity index is 2.40. The van der Waals surface area contributed by atoms with Crippen molar-refractivity contribution >= 4 is 10.9 Å². The molecule has 0 saturated carbocycles. The smallest absolute Gasteiger partial charge is 0.126 e.